The molecular formula is C15H18BrNS. The van der Waals surface area contributed by atoms with Crippen molar-refractivity contribution in [1.29, 1.82) is 0 Å². The number of hydrogen-bond acceptors (Lipinski definition) is 2. The minimum absolute atomic E-state index is 0.531. The van der Waals surface area contributed by atoms with E-state index in [1.165, 1.54) is 20.9 Å². The van der Waals surface area contributed by atoms with Crippen LogP contribution in [0.25, 0.3) is 10.4 Å². The molecule has 0 saturated carbocycles. The molecule has 0 radical (unpaired) electrons. The van der Waals surface area contributed by atoms with Crippen LogP contribution in [0.15, 0.2) is 34.8 Å². The molecule has 1 N–H and O–H groups in total. The first kappa shape index (κ1) is 13.8. The molecule has 0 bridgehead atoms. The number of benzene rings is 1. The quantitative estimate of drug-likeness (QED) is 0.836. The highest BCUT2D eigenvalue weighted by molar-refractivity contribution is 9.10. The molecule has 0 unspecified atom stereocenters. The molecule has 1 aromatic heterocycles. The number of aryl methyl sites for hydroxylation is 1. The van der Waals surface area contributed by atoms with Gasteiger partial charge < -0.3 is 5.32 Å². The zero-order valence-electron chi connectivity index (χ0n) is 11.0. The summed E-state index contributed by atoms with van der Waals surface area (Å²) in [5.41, 5.74) is 2.58. The standard InChI is InChI=1S/C15H18BrNS/c1-10(2)17-9-14-4-5-15(18-14)12-6-11(3)7-13(16)8-12/h4-8,10,17H,9H2,1-3H3. The van der Waals surface area contributed by atoms with E-state index in [-0.39, 0.29) is 0 Å². The van der Waals surface area contributed by atoms with Gasteiger partial charge >= 0.3 is 0 Å². The van der Waals surface area contributed by atoms with Crippen molar-refractivity contribution in [3.63, 3.8) is 0 Å². The average molecular weight is 324 g/mol. The number of nitrogens with one attached hydrogen (secondary N) is 1. The second kappa shape index (κ2) is 6.00. The predicted octanol–water partition coefficient (Wildman–Crippen LogP) is 4.98. The molecular weight excluding hydrogens is 306 g/mol. The Bertz CT molecular complexity index is 511. The molecule has 3 heteroatoms. The third-order valence-corrected chi connectivity index (χ3v) is 4.26. The molecule has 0 atom stereocenters. The van der Waals surface area contributed by atoms with Crippen LogP contribution < -0.4 is 5.32 Å². The molecule has 2 aromatic rings. The van der Waals surface area contributed by atoms with Gasteiger partial charge in [-0.15, -0.1) is 11.3 Å². The van der Waals surface area contributed by atoms with E-state index in [1.807, 2.05) is 11.3 Å². The molecule has 0 saturated heterocycles. The van der Waals surface area contributed by atoms with Crippen molar-refractivity contribution < 1.29 is 0 Å². The lowest BCUT2D eigenvalue weighted by atomic mass is 10.1. The minimum Gasteiger partial charge on any atom is -0.310 e. The molecule has 0 aliphatic carbocycles. The summed E-state index contributed by atoms with van der Waals surface area (Å²) in [6.45, 7) is 7.43. The zero-order chi connectivity index (χ0) is 13.1. The third-order valence-electron chi connectivity index (χ3n) is 2.67. The van der Waals surface area contributed by atoms with Gasteiger partial charge in [-0.2, -0.15) is 0 Å². The van der Waals surface area contributed by atoms with Gasteiger partial charge in [-0.1, -0.05) is 35.8 Å². The molecule has 0 aliphatic heterocycles. The summed E-state index contributed by atoms with van der Waals surface area (Å²) in [5, 5.41) is 3.45. The van der Waals surface area contributed by atoms with Gasteiger partial charge in [-0.3, -0.25) is 0 Å². The van der Waals surface area contributed by atoms with Crippen molar-refractivity contribution in [1.82, 2.24) is 5.32 Å². The van der Waals surface area contributed by atoms with E-state index < -0.39 is 0 Å². The van der Waals surface area contributed by atoms with Crippen molar-refractivity contribution in [3.05, 3.63) is 45.2 Å². The Labute approximate surface area is 121 Å². The first-order chi connectivity index (χ1) is 8.54. The van der Waals surface area contributed by atoms with Crippen LogP contribution in [0.4, 0.5) is 0 Å². The van der Waals surface area contributed by atoms with Crippen molar-refractivity contribution in [2.45, 2.75) is 33.4 Å². The highest BCUT2D eigenvalue weighted by Gasteiger charge is 2.05. The molecule has 0 fully saturated rings. The Kier molecular flexibility index (Phi) is 4.60. The highest BCUT2D eigenvalue weighted by Crippen LogP contribution is 2.30. The largest absolute Gasteiger partial charge is 0.310 e. The van der Waals surface area contributed by atoms with Crippen LogP contribution in [-0.4, -0.2) is 6.04 Å². The molecule has 1 aromatic carbocycles. The predicted molar refractivity (Wildman–Crippen MR) is 84.2 cm³/mol. The van der Waals surface area contributed by atoms with Gasteiger partial charge in [0.25, 0.3) is 0 Å². The van der Waals surface area contributed by atoms with Crippen LogP contribution in [0.3, 0.4) is 0 Å². The Morgan fingerprint density at radius 1 is 1.22 bits per heavy atom. The molecule has 18 heavy (non-hydrogen) atoms. The maximum absolute atomic E-state index is 3.56. The number of thiophene rings is 1. The Morgan fingerprint density at radius 3 is 2.67 bits per heavy atom. The van der Waals surface area contributed by atoms with Gasteiger partial charge in [0.15, 0.2) is 0 Å². The normalized spacial score (nSPS) is 11.2. The van der Waals surface area contributed by atoms with E-state index in [0.717, 1.165) is 11.0 Å². The maximum atomic E-state index is 3.56. The van der Waals surface area contributed by atoms with Crippen LogP contribution in [0, 0.1) is 6.92 Å². The molecule has 2 rings (SSSR count). The van der Waals surface area contributed by atoms with Gasteiger partial charge in [0, 0.05) is 26.8 Å². The zero-order valence-corrected chi connectivity index (χ0v) is 13.4. The van der Waals surface area contributed by atoms with E-state index in [0.29, 0.717) is 6.04 Å². The Morgan fingerprint density at radius 2 is 2.00 bits per heavy atom. The summed E-state index contributed by atoms with van der Waals surface area (Å²) in [7, 11) is 0. The molecule has 1 heterocycles. The maximum Gasteiger partial charge on any atom is 0.0346 e. The van der Waals surface area contributed by atoms with E-state index >= 15 is 0 Å². The van der Waals surface area contributed by atoms with E-state index in [1.54, 1.807) is 0 Å². The van der Waals surface area contributed by atoms with E-state index in [9.17, 15) is 0 Å². The fourth-order valence-corrected chi connectivity index (χ4v) is 3.36. The molecule has 0 spiro atoms. The fraction of sp³-hybridized carbons (Fsp3) is 0.333. The van der Waals surface area contributed by atoms with E-state index in [4.69, 9.17) is 0 Å². The first-order valence-corrected chi connectivity index (χ1v) is 7.75. The third kappa shape index (κ3) is 3.67. The van der Waals surface area contributed by atoms with Crippen LogP contribution in [0.5, 0.6) is 0 Å². The molecule has 0 amide bonds. The summed E-state index contributed by atoms with van der Waals surface area (Å²) in [6, 6.07) is 11.5. The topological polar surface area (TPSA) is 12.0 Å². The summed E-state index contributed by atoms with van der Waals surface area (Å²) < 4.78 is 1.15. The number of halogens is 1. The molecule has 0 aliphatic rings. The second-order valence-corrected chi connectivity index (χ2v) is 6.90. The van der Waals surface area contributed by atoms with Gasteiger partial charge in [-0.05, 0) is 42.3 Å². The van der Waals surface area contributed by atoms with Crippen molar-refractivity contribution in [2.75, 3.05) is 0 Å². The molecule has 1 nitrogen and oxygen atoms in total. The Balaban J connectivity index is 2.18. The summed E-state index contributed by atoms with van der Waals surface area (Å²) >= 11 is 5.42. The summed E-state index contributed by atoms with van der Waals surface area (Å²) in [6.07, 6.45) is 0. The summed E-state index contributed by atoms with van der Waals surface area (Å²) in [4.78, 5) is 2.72. The summed E-state index contributed by atoms with van der Waals surface area (Å²) in [5.74, 6) is 0. The van der Waals surface area contributed by atoms with Crippen molar-refractivity contribution in [3.8, 4) is 10.4 Å². The monoisotopic (exact) mass is 323 g/mol. The number of rotatable bonds is 4. The SMILES string of the molecule is Cc1cc(Br)cc(-c2ccc(CNC(C)C)s2)c1. The highest BCUT2D eigenvalue weighted by atomic mass is 79.9. The molecule has 96 valence electrons. The smallest absolute Gasteiger partial charge is 0.0346 e. The van der Waals surface area contributed by atoms with Crippen LogP contribution in [0.1, 0.15) is 24.3 Å². The average Bonchev–Trinajstić information content (AvgIpc) is 2.73. The van der Waals surface area contributed by atoms with Gasteiger partial charge in [0.05, 0.1) is 0 Å². The lowest BCUT2D eigenvalue weighted by molar-refractivity contribution is 0.593. The van der Waals surface area contributed by atoms with Crippen LogP contribution in [0.2, 0.25) is 0 Å². The Hall–Kier alpha value is -0.640. The minimum atomic E-state index is 0.531. The van der Waals surface area contributed by atoms with Gasteiger partial charge in [0.2, 0.25) is 0 Å². The first-order valence-electron chi connectivity index (χ1n) is 6.14. The van der Waals surface area contributed by atoms with Crippen LogP contribution >= 0.6 is 27.3 Å². The fourth-order valence-electron chi connectivity index (χ4n) is 1.81. The van der Waals surface area contributed by atoms with Gasteiger partial charge in [0.1, 0.15) is 0 Å². The lowest BCUT2D eigenvalue weighted by Crippen LogP contribution is -2.21. The van der Waals surface area contributed by atoms with E-state index in [2.05, 4.69) is 72.3 Å². The number of hydrogen-bond donors (Lipinski definition) is 1. The second-order valence-electron chi connectivity index (χ2n) is 4.82. The lowest BCUT2D eigenvalue weighted by Gasteiger charge is -2.05. The van der Waals surface area contributed by atoms with Crippen LogP contribution in [-0.2, 0) is 6.54 Å². The van der Waals surface area contributed by atoms with Crippen molar-refractivity contribution in [2.24, 2.45) is 0 Å². The van der Waals surface area contributed by atoms with Gasteiger partial charge in [-0.25, -0.2) is 0 Å². The van der Waals surface area contributed by atoms with Crippen molar-refractivity contribution >= 4 is 27.3 Å².